The van der Waals surface area contributed by atoms with E-state index in [-0.39, 0.29) is 0 Å². The Kier molecular flexibility index (Phi) is 8.69. The van der Waals surface area contributed by atoms with Gasteiger partial charge in [0.1, 0.15) is 0 Å². The molecule has 0 spiro atoms. The highest BCUT2D eigenvalue weighted by atomic mass is 32.1. The number of anilines is 1. The second-order valence-corrected chi connectivity index (χ2v) is 7.08. The van der Waals surface area contributed by atoms with Crippen molar-refractivity contribution >= 4 is 35.1 Å². The molecular formula is C23H28N2O2S. The molecule has 0 amide bonds. The molecule has 0 fully saturated rings. The van der Waals surface area contributed by atoms with Gasteiger partial charge in [0.05, 0.1) is 0 Å². The second kappa shape index (κ2) is 11.2. The molecule has 0 aliphatic carbocycles. The van der Waals surface area contributed by atoms with Gasteiger partial charge in [0.2, 0.25) is 0 Å². The third-order valence-corrected chi connectivity index (χ3v) is 4.93. The lowest BCUT2D eigenvalue weighted by Crippen LogP contribution is -2.37. The molecule has 2 aromatic carbocycles. The maximum atomic E-state index is 10.6. The van der Waals surface area contributed by atoms with Gasteiger partial charge in [0.25, 0.3) is 0 Å². The van der Waals surface area contributed by atoms with Gasteiger partial charge in [-0.25, -0.2) is 4.79 Å². The SMILES string of the molecule is CCCCCCNC(=S)N(C)c1cccc(-c2ccc(C=CC(=O)O)cc2)c1. The lowest BCUT2D eigenvalue weighted by atomic mass is 10.0. The van der Waals surface area contributed by atoms with Crippen molar-refractivity contribution in [3.8, 4) is 11.1 Å². The van der Waals surface area contributed by atoms with Crippen LogP contribution >= 0.6 is 12.2 Å². The molecule has 0 aliphatic rings. The van der Waals surface area contributed by atoms with Gasteiger partial charge in [-0.2, -0.15) is 0 Å². The topological polar surface area (TPSA) is 52.6 Å². The average Bonchev–Trinajstić information content (AvgIpc) is 2.72. The van der Waals surface area contributed by atoms with Gasteiger partial charge in [0.15, 0.2) is 5.11 Å². The number of hydrogen-bond donors (Lipinski definition) is 2. The quantitative estimate of drug-likeness (QED) is 0.340. The van der Waals surface area contributed by atoms with Gasteiger partial charge in [-0.15, -0.1) is 0 Å². The summed E-state index contributed by atoms with van der Waals surface area (Å²) in [6.45, 7) is 3.10. The number of thiocarbonyl (C=S) groups is 1. The molecular weight excluding hydrogens is 368 g/mol. The third kappa shape index (κ3) is 6.82. The summed E-state index contributed by atoms with van der Waals surface area (Å²) in [7, 11) is 1.97. The molecule has 0 radical (unpaired) electrons. The maximum absolute atomic E-state index is 10.6. The molecule has 0 aromatic heterocycles. The van der Waals surface area contributed by atoms with Crippen LogP contribution in [-0.4, -0.2) is 29.8 Å². The van der Waals surface area contributed by atoms with Crippen LogP contribution in [0.25, 0.3) is 17.2 Å². The fourth-order valence-electron chi connectivity index (χ4n) is 2.83. The van der Waals surface area contributed by atoms with E-state index in [1.165, 1.54) is 19.3 Å². The zero-order valence-corrected chi connectivity index (χ0v) is 17.3. The van der Waals surface area contributed by atoms with Gasteiger partial charge in [-0.1, -0.05) is 62.6 Å². The number of nitrogens with zero attached hydrogens (tertiary/aromatic N) is 1. The molecule has 2 rings (SSSR count). The molecule has 4 nitrogen and oxygen atoms in total. The highest BCUT2D eigenvalue weighted by molar-refractivity contribution is 7.80. The summed E-state index contributed by atoms with van der Waals surface area (Å²) in [5.74, 6) is -0.949. The van der Waals surface area contributed by atoms with Crippen molar-refractivity contribution in [3.05, 3.63) is 60.2 Å². The van der Waals surface area contributed by atoms with Gasteiger partial charge in [-0.3, -0.25) is 0 Å². The van der Waals surface area contributed by atoms with Crippen LogP contribution in [0.2, 0.25) is 0 Å². The second-order valence-electron chi connectivity index (χ2n) is 6.70. The van der Waals surface area contributed by atoms with Crippen molar-refractivity contribution in [2.75, 3.05) is 18.5 Å². The number of rotatable bonds is 9. The molecule has 28 heavy (non-hydrogen) atoms. The van der Waals surface area contributed by atoms with Gasteiger partial charge >= 0.3 is 5.97 Å². The van der Waals surface area contributed by atoms with Crippen LogP contribution in [0.4, 0.5) is 5.69 Å². The lowest BCUT2D eigenvalue weighted by molar-refractivity contribution is -0.131. The summed E-state index contributed by atoms with van der Waals surface area (Å²) in [4.78, 5) is 12.6. The number of unbranched alkanes of at least 4 members (excludes halogenated alkanes) is 3. The molecule has 148 valence electrons. The number of carboxylic acid groups (broad SMARTS) is 1. The molecule has 0 aliphatic heterocycles. The number of carboxylic acids is 1. The molecule has 0 unspecified atom stereocenters. The number of nitrogens with one attached hydrogen (secondary N) is 1. The Morgan fingerprint density at radius 1 is 1.11 bits per heavy atom. The molecule has 0 atom stereocenters. The van der Waals surface area contributed by atoms with Gasteiger partial charge < -0.3 is 15.3 Å². The van der Waals surface area contributed by atoms with Crippen molar-refractivity contribution in [1.82, 2.24) is 5.32 Å². The van der Waals surface area contributed by atoms with E-state index in [0.29, 0.717) is 0 Å². The van der Waals surface area contributed by atoms with Gasteiger partial charge in [0, 0.05) is 25.4 Å². The number of benzene rings is 2. The van der Waals surface area contributed by atoms with Crippen LogP contribution in [0.1, 0.15) is 38.2 Å². The largest absolute Gasteiger partial charge is 0.478 e. The first-order valence-electron chi connectivity index (χ1n) is 9.64. The Labute approximate surface area is 172 Å². The number of hydrogen-bond acceptors (Lipinski definition) is 2. The van der Waals surface area contributed by atoms with E-state index in [2.05, 4.69) is 24.4 Å². The van der Waals surface area contributed by atoms with Crippen LogP contribution in [0, 0.1) is 0 Å². The van der Waals surface area contributed by atoms with E-state index >= 15 is 0 Å². The van der Waals surface area contributed by atoms with Crippen LogP contribution in [0.5, 0.6) is 0 Å². The van der Waals surface area contributed by atoms with Crippen molar-refractivity contribution in [2.45, 2.75) is 32.6 Å². The summed E-state index contributed by atoms with van der Waals surface area (Å²) in [5, 5.41) is 12.8. The first kappa shape index (κ1) is 21.6. The smallest absolute Gasteiger partial charge is 0.328 e. The Balaban J connectivity index is 2.02. The maximum Gasteiger partial charge on any atom is 0.328 e. The highest BCUT2D eigenvalue weighted by Crippen LogP contribution is 2.25. The highest BCUT2D eigenvalue weighted by Gasteiger charge is 2.08. The molecule has 0 saturated heterocycles. The first-order chi connectivity index (χ1) is 13.5. The molecule has 2 N–H and O–H groups in total. The molecule has 0 heterocycles. The summed E-state index contributed by atoms with van der Waals surface area (Å²) in [6, 6.07) is 16.0. The summed E-state index contributed by atoms with van der Waals surface area (Å²) in [5.41, 5.74) is 4.04. The van der Waals surface area contributed by atoms with E-state index in [4.69, 9.17) is 17.3 Å². The average molecular weight is 397 g/mol. The molecule has 2 aromatic rings. The standard InChI is InChI=1S/C23H28N2O2S/c1-3-4-5-6-16-24-23(28)25(2)21-9-7-8-20(17-21)19-13-10-18(11-14-19)12-15-22(26)27/h7-15,17H,3-6,16H2,1-2H3,(H,24,28)(H,26,27). The fourth-order valence-corrected chi connectivity index (χ4v) is 3.04. The fraction of sp³-hybridized carbons (Fsp3) is 0.304. The minimum absolute atomic E-state index is 0.725. The van der Waals surface area contributed by atoms with E-state index in [0.717, 1.165) is 46.5 Å². The van der Waals surface area contributed by atoms with Crippen LogP contribution in [-0.2, 0) is 4.79 Å². The Bertz CT molecular complexity index is 816. The van der Waals surface area contributed by atoms with Crippen LogP contribution in [0.15, 0.2) is 54.6 Å². The Hall–Kier alpha value is -2.66. The number of carbonyl (C=O) groups is 1. The van der Waals surface area contributed by atoms with Crippen molar-refractivity contribution < 1.29 is 9.90 Å². The molecule has 0 bridgehead atoms. The van der Waals surface area contributed by atoms with Gasteiger partial charge in [-0.05, 0) is 53.5 Å². The van der Waals surface area contributed by atoms with E-state index in [9.17, 15) is 4.79 Å². The van der Waals surface area contributed by atoms with E-state index in [1.54, 1.807) is 6.08 Å². The summed E-state index contributed by atoms with van der Waals surface area (Å²) >= 11 is 5.52. The minimum Gasteiger partial charge on any atom is -0.478 e. The first-order valence-corrected chi connectivity index (χ1v) is 10.0. The lowest BCUT2D eigenvalue weighted by Gasteiger charge is -2.22. The normalized spacial score (nSPS) is 10.8. The van der Waals surface area contributed by atoms with Crippen molar-refractivity contribution in [1.29, 1.82) is 0 Å². The molecule has 0 saturated carbocycles. The zero-order chi connectivity index (χ0) is 20.4. The zero-order valence-electron chi connectivity index (χ0n) is 16.5. The third-order valence-electron chi connectivity index (χ3n) is 4.51. The summed E-state index contributed by atoms with van der Waals surface area (Å²) < 4.78 is 0. The van der Waals surface area contributed by atoms with E-state index in [1.807, 2.05) is 48.3 Å². The summed E-state index contributed by atoms with van der Waals surface area (Å²) in [6.07, 6.45) is 7.57. The predicted octanol–water partition coefficient (Wildman–Crippen LogP) is 5.34. The van der Waals surface area contributed by atoms with E-state index < -0.39 is 5.97 Å². The van der Waals surface area contributed by atoms with Crippen molar-refractivity contribution in [2.24, 2.45) is 0 Å². The Morgan fingerprint density at radius 3 is 2.54 bits per heavy atom. The van der Waals surface area contributed by atoms with Crippen molar-refractivity contribution in [3.63, 3.8) is 0 Å². The minimum atomic E-state index is -0.949. The van der Waals surface area contributed by atoms with Crippen LogP contribution < -0.4 is 10.2 Å². The molecule has 5 heteroatoms. The Morgan fingerprint density at radius 2 is 1.86 bits per heavy atom. The predicted molar refractivity (Wildman–Crippen MR) is 122 cm³/mol. The number of aliphatic carboxylic acids is 1. The monoisotopic (exact) mass is 396 g/mol. The van der Waals surface area contributed by atoms with Crippen LogP contribution in [0.3, 0.4) is 0 Å².